The molecule has 0 fully saturated rings. The predicted molar refractivity (Wildman–Crippen MR) is 328 cm³/mol. The second-order valence-corrected chi connectivity index (χ2v) is 20.5. The Morgan fingerprint density at radius 2 is 0.731 bits per heavy atom. The first-order valence-electron chi connectivity index (χ1n) is 30.1. The van der Waals surface area contributed by atoms with Gasteiger partial charge in [0.2, 0.25) is 0 Å². The summed E-state index contributed by atoms with van der Waals surface area (Å²) >= 11 is 0. The number of hydrogen-bond donors (Lipinski definition) is 0. The van der Waals surface area contributed by atoms with Crippen molar-refractivity contribution in [3.8, 4) is 0 Å². The molecule has 0 aromatic heterocycles. The van der Waals surface area contributed by atoms with E-state index < -0.39 is 24.3 Å². The molecule has 0 aromatic carbocycles. The Morgan fingerprint density at radius 1 is 0.397 bits per heavy atom. The van der Waals surface area contributed by atoms with Gasteiger partial charge in [0.15, 0.2) is 12.4 Å². The monoisotopic (exact) mass is 1080 g/mol. The lowest BCUT2D eigenvalue weighted by atomic mass is 10.1. The highest BCUT2D eigenvalue weighted by molar-refractivity contribution is 5.70. The van der Waals surface area contributed by atoms with E-state index in [0.717, 1.165) is 148 Å². The minimum atomic E-state index is -1.64. The lowest BCUT2D eigenvalue weighted by Gasteiger charge is -2.26. The van der Waals surface area contributed by atoms with Crippen molar-refractivity contribution in [1.82, 2.24) is 0 Å². The molecule has 0 N–H and O–H groups in total. The molecule has 0 amide bonds. The number of unbranched alkanes of at least 4 members (excludes halogenated alkanes) is 12. The lowest BCUT2D eigenvalue weighted by molar-refractivity contribution is -0.870. The number of allylic oxidation sites excluding steroid dienone is 26. The standard InChI is InChI=1S/C69H109NO8/c1-6-8-10-12-14-16-18-20-22-23-24-25-26-27-28-29-30-31-32-33-34-35-36-37-38-39-40-41-42-43-44-45-46-48-50-52-54-56-58-60-67(72)78-65(64-77-69(68(73)74)75-62-61-70(3,4)5)63-76-66(71)59-57-55-53-51-49-47-21-19-17-15-13-11-9-7-2/h8,10,13-16,19-22,24-25,27-28,30-31,33-34,36-37,39-40,42-43,45-46,65,69H,6-7,9,11-12,17-18,23,26,29,32,35,38,41,44,47-64H2,1-5H3/b10-8-,15-13-,16-14-,21-19-,22-20-,25-24-,28-27-,31-30-,34-33-,37-36-,40-39-,43-42-,46-45-. The molecule has 78 heavy (non-hydrogen) atoms. The molecule has 9 nitrogen and oxygen atoms in total. The van der Waals surface area contributed by atoms with Crippen LogP contribution in [0.3, 0.4) is 0 Å². The van der Waals surface area contributed by atoms with Crippen LogP contribution < -0.4 is 5.11 Å². The van der Waals surface area contributed by atoms with Gasteiger partial charge in [-0.15, -0.1) is 0 Å². The summed E-state index contributed by atoms with van der Waals surface area (Å²) in [5.41, 5.74) is 0. The summed E-state index contributed by atoms with van der Waals surface area (Å²) in [7, 11) is 5.89. The number of esters is 2. The van der Waals surface area contributed by atoms with Crippen molar-refractivity contribution in [2.75, 3.05) is 47.5 Å². The first-order valence-corrected chi connectivity index (χ1v) is 30.1. The third kappa shape index (κ3) is 58.6. The molecule has 0 rings (SSSR count). The molecule has 0 heterocycles. The molecule has 0 bridgehead atoms. The van der Waals surface area contributed by atoms with Gasteiger partial charge in [-0.2, -0.15) is 0 Å². The molecule has 0 saturated carbocycles. The van der Waals surface area contributed by atoms with Gasteiger partial charge in [0, 0.05) is 12.8 Å². The Labute approximate surface area is 476 Å². The van der Waals surface area contributed by atoms with E-state index in [4.69, 9.17) is 18.9 Å². The SMILES string of the molecule is CC/C=C\C/C=C\C/C=C\C/C=C\C/C=C\C/C=C\C/C=C\C/C=C\C/C=C\C/C=C\C/C=C\CCCCCCCC(=O)OC(COC(=O)CCCCCCC/C=C\C/C=C\CCCC)COC(OCC[N+](C)(C)C)C(=O)[O-]. The van der Waals surface area contributed by atoms with E-state index >= 15 is 0 Å². The maximum absolute atomic E-state index is 12.9. The maximum Gasteiger partial charge on any atom is 0.306 e. The van der Waals surface area contributed by atoms with E-state index in [1.54, 1.807) is 0 Å². The highest BCUT2D eigenvalue weighted by Gasteiger charge is 2.22. The van der Waals surface area contributed by atoms with Crippen molar-refractivity contribution in [1.29, 1.82) is 0 Å². The van der Waals surface area contributed by atoms with Gasteiger partial charge >= 0.3 is 11.9 Å². The van der Waals surface area contributed by atoms with Crippen molar-refractivity contribution in [2.45, 2.75) is 212 Å². The number of aliphatic carboxylic acids is 1. The topological polar surface area (TPSA) is 111 Å². The number of carbonyl (C=O) groups excluding carboxylic acids is 3. The smallest absolute Gasteiger partial charge is 0.306 e. The molecule has 0 aliphatic rings. The number of carbonyl (C=O) groups is 3. The molecule has 2 atom stereocenters. The van der Waals surface area contributed by atoms with E-state index in [2.05, 4.69) is 172 Å². The summed E-state index contributed by atoms with van der Waals surface area (Å²) in [6.45, 7) is 4.52. The van der Waals surface area contributed by atoms with Crippen LogP contribution in [0.5, 0.6) is 0 Å². The summed E-state index contributed by atoms with van der Waals surface area (Å²) in [6, 6.07) is 0. The van der Waals surface area contributed by atoms with Crippen LogP contribution in [0, 0.1) is 0 Å². The van der Waals surface area contributed by atoms with Gasteiger partial charge in [0.25, 0.3) is 0 Å². The van der Waals surface area contributed by atoms with Gasteiger partial charge in [-0.25, -0.2) is 0 Å². The number of likely N-dealkylation sites (N-methyl/N-ethyl adjacent to an activating group) is 1. The van der Waals surface area contributed by atoms with E-state index in [9.17, 15) is 19.5 Å². The second-order valence-electron chi connectivity index (χ2n) is 20.5. The Bertz CT molecular complexity index is 1830. The Morgan fingerprint density at radius 3 is 1.09 bits per heavy atom. The quantitative estimate of drug-likeness (QED) is 0.0195. The number of quaternary nitrogens is 1. The summed E-state index contributed by atoms with van der Waals surface area (Å²) in [5, 5.41) is 11.8. The molecule has 0 saturated heterocycles. The minimum absolute atomic E-state index is 0.132. The van der Waals surface area contributed by atoms with E-state index in [1.165, 1.54) is 12.8 Å². The number of nitrogens with zero attached hydrogens (tertiary/aromatic N) is 1. The first-order chi connectivity index (χ1) is 38.1. The van der Waals surface area contributed by atoms with Crippen molar-refractivity contribution in [3.63, 3.8) is 0 Å². The number of hydrogen-bond acceptors (Lipinski definition) is 8. The van der Waals surface area contributed by atoms with Gasteiger partial charge in [0.1, 0.15) is 13.2 Å². The van der Waals surface area contributed by atoms with Crippen molar-refractivity contribution in [2.24, 2.45) is 0 Å². The zero-order chi connectivity index (χ0) is 56.9. The van der Waals surface area contributed by atoms with Crippen LogP contribution >= 0.6 is 0 Å². The largest absolute Gasteiger partial charge is 0.545 e. The van der Waals surface area contributed by atoms with Crippen molar-refractivity contribution in [3.05, 3.63) is 158 Å². The van der Waals surface area contributed by atoms with Crippen LogP contribution in [-0.4, -0.2) is 82.3 Å². The van der Waals surface area contributed by atoms with E-state index in [0.29, 0.717) is 23.9 Å². The van der Waals surface area contributed by atoms with Gasteiger partial charge in [0.05, 0.1) is 40.3 Å². The van der Waals surface area contributed by atoms with Crippen molar-refractivity contribution >= 4 is 17.9 Å². The van der Waals surface area contributed by atoms with Crippen LogP contribution in [0.25, 0.3) is 0 Å². The number of carboxylic acid groups (broad SMARTS) is 1. The molecule has 9 heteroatoms. The van der Waals surface area contributed by atoms with Crippen LogP contribution in [-0.2, 0) is 33.3 Å². The molecular weight excluding hydrogens is 971 g/mol. The van der Waals surface area contributed by atoms with Crippen LogP contribution in [0.2, 0.25) is 0 Å². The van der Waals surface area contributed by atoms with Gasteiger partial charge < -0.3 is 33.3 Å². The molecule has 2 unspecified atom stereocenters. The average molecular weight is 1080 g/mol. The molecule has 0 aliphatic heterocycles. The number of ether oxygens (including phenoxy) is 4. The normalized spacial score (nSPS) is 13.9. The van der Waals surface area contributed by atoms with Crippen LogP contribution in [0.4, 0.5) is 0 Å². The van der Waals surface area contributed by atoms with Crippen molar-refractivity contribution < 1.29 is 42.9 Å². The summed E-state index contributed by atoms with van der Waals surface area (Å²) in [4.78, 5) is 37.2. The third-order valence-corrected chi connectivity index (χ3v) is 12.0. The molecule has 0 aromatic rings. The third-order valence-electron chi connectivity index (χ3n) is 12.0. The lowest BCUT2D eigenvalue weighted by Crippen LogP contribution is -2.44. The predicted octanol–water partition coefficient (Wildman–Crippen LogP) is 16.8. The summed E-state index contributed by atoms with van der Waals surface area (Å²) < 4.78 is 22.6. The van der Waals surface area contributed by atoms with Crippen LogP contribution in [0.15, 0.2) is 158 Å². The molecule has 0 radical (unpaired) electrons. The fraction of sp³-hybridized carbons (Fsp3) is 0.580. The number of rotatable bonds is 53. The fourth-order valence-corrected chi connectivity index (χ4v) is 7.38. The second kappa shape index (κ2) is 58.1. The number of carboxylic acids is 1. The van der Waals surface area contributed by atoms with E-state index in [1.807, 2.05) is 21.1 Å². The first kappa shape index (κ1) is 72.9. The van der Waals surface area contributed by atoms with Gasteiger partial charge in [-0.1, -0.05) is 223 Å². The van der Waals surface area contributed by atoms with Crippen LogP contribution in [0.1, 0.15) is 200 Å². The molecule has 0 aliphatic carbocycles. The Hall–Kier alpha value is -5.09. The molecule has 0 spiro atoms. The van der Waals surface area contributed by atoms with Gasteiger partial charge in [-0.05, 0) is 122 Å². The average Bonchev–Trinajstić information content (AvgIpc) is 3.41. The maximum atomic E-state index is 12.9. The highest BCUT2D eigenvalue weighted by Crippen LogP contribution is 2.13. The molecular formula is C69H109NO8. The summed E-state index contributed by atoms with van der Waals surface area (Å²) in [6.07, 6.45) is 83.0. The van der Waals surface area contributed by atoms with E-state index in [-0.39, 0.29) is 38.6 Å². The van der Waals surface area contributed by atoms with Gasteiger partial charge in [-0.3, -0.25) is 9.59 Å². The Balaban J connectivity index is 4.26. The zero-order valence-electron chi connectivity index (χ0n) is 49.7. The fourth-order valence-electron chi connectivity index (χ4n) is 7.38. The zero-order valence-corrected chi connectivity index (χ0v) is 49.7. The minimum Gasteiger partial charge on any atom is -0.545 e. The molecule has 438 valence electrons. The summed E-state index contributed by atoms with van der Waals surface area (Å²) in [5.74, 6) is -2.35. The highest BCUT2D eigenvalue weighted by atomic mass is 16.7. The Kier molecular flexibility index (Phi) is 54.3.